The molecule has 0 heterocycles. The Morgan fingerprint density at radius 2 is 2.19 bits per heavy atom. The summed E-state index contributed by atoms with van der Waals surface area (Å²) in [7, 11) is 0. The zero-order valence-corrected chi connectivity index (χ0v) is 11.5. The molecule has 94 valence electrons. The molecule has 1 rings (SSSR count). The van der Waals surface area contributed by atoms with Gasteiger partial charge in [-0.3, -0.25) is 4.79 Å². The molecule has 1 aliphatic carbocycles. The van der Waals surface area contributed by atoms with E-state index >= 15 is 0 Å². The van der Waals surface area contributed by atoms with Crippen molar-refractivity contribution in [2.24, 2.45) is 0 Å². The van der Waals surface area contributed by atoms with Gasteiger partial charge in [-0.05, 0) is 32.4 Å². The van der Waals surface area contributed by atoms with E-state index in [9.17, 15) is 4.79 Å². The molecule has 0 bridgehead atoms. The molecule has 4 heteroatoms. The second-order valence-electron chi connectivity index (χ2n) is 4.63. The maximum absolute atomic E-state index is 11.7. The highest BCUT2D eigenvalue weighted by molar-refractivity contribution is 8.00. The Labute approximate surface area is 103 Å². The van der Waals surface area contributed by atoms with Crippen molar-refractivity contribution in [2.75, 3.05) is 19.3 Å². The minimum atomic E-state index is -0.0681. The molecule has 1 atom stereocenters. The average molecular weight is 244 g/mol. The van der Waals surface area contributed by atoms with Gasteiger partial charge in [-0.25, -0.2) is 0 Å². The maximum Gasteiger partial charge on any atom is 0.236 e. The molecule has 1 unspecified atom stereocenters. The highest BCUT2D eigenvalue weighted by Crippen LogP contribution is 2.46. The summed E-state index contributed by atoms with van der Waals surface area (Å²) >= 11 is 1.92. The van der Waals surface area contributed by atoms with E-state index in [0.717, 1.165) is 25.9 Å². The first-order chi connectivity index (χ1) is 7.63. The van der Waals surface area contributed by atoms with E-state index < -0.39 is 0 Å². The molecule has 0 aromatic rings. The second kappa shape index (κ2) is 6.50. The molecular formula is C12H24N2OS. The Kier molecular flexibility index (Phi) is 5.62. The molecule has 3 nitrogen and oxygen atoms in total. The van der Waals surface area contributed by atoms with Gasteiger partial charge >= 0.3 is 0 Å². The number of nitrogens with one attached hydrogen (secondary N) is 2. The Morgan fingerprint density at radius 3 is 2.69 bits per heavy atom. The van der Waals surface area contributed by atoms with E-state index in [2.05, 4.69) is 23.8 Å². The van der Waals surface area contributed by atoms with Crippen molar-refractivity contribution in [3.8, 4) is 0 Å². The molecule has 1 fully saturated rings. The first kappa shape index (κ1) is 13.8. The minimum absolute atomic E-state index is 0.0681. The van der Waals surface area contributed by atoms with Gasteiger partial charge in [0.2, 0.25) is 5.91 Å². The molecule has 16 heavy (non-hydrogen) atoms. The first-order valence-corrected chi connectivity index (χ1v) is 7.42. The highest BCUT2D eigenvalue weighted by Gasteiger charge is 2.41. The first-order valence-electron chi connectivity index (χ1n) is 6.20. The normalized spacial score (nSPS) is 19.2. The lowest BCUT2D eigenvalue weighted by molar-refractivity contribution is -0.122. The Hall–Kier alpha value is -0.220. The maximum atomic E-state index is 11.7. The van der Waals surface area contributed by atoms with Crippen LogP contribution in [0, 0.1) is 0 Å². The highest BCUT2D eigenvalue weighted by atomic mass is 32.2. The van der Waals surface area contributed by atoms with Crippen LogP contribution in [-0.2, 0) is 4.79 Å². The lowest BCUT2D eigenvalue weighted by Gasteiger charge is -2.18. The van der Waals surface area contributed by atoms with Gasteiger partial charge in [-0.15, -0.1) is 0 Å². The van der Waals surface area contributed by atoms with Crippen LogP contribution in [-0.4, -0.2) is 36.0 Å². The number of hydrogen-bond acceptors (Lipinski definition) is 3. The molecule has 1 saturated carbocycles. The van der Waals surface area contributed by atoms with Crippen LogP contribution in [0.1, 0.15) is 39.5 Å². The molecule has 2 N–H and O–H groups in total. The van der Waals surface area contributed by atoms with E-state index in [-0.39, 0.29) is 11.9 Å². The third kappa shape index (κ3) is 4.34. The van der Waals surface area contributed by atoms with E-state index in [1.165, 1.54) is 12.8 Å². The summed E-state index contributed by atoms with van der Waals surface area (Å²) in [6, 6.07) is -0.0681. The van der Waals surface area contributed by atoms with Crippen LogP contribution in [0.15, 0.2) is 0 Å². The number of amides is 1. The summed E-state index contributed by atoms with van der Waals surface area (Å²) in [5.41, 5.74) is 0. The van der Waals surface area contributed by atoms with Gasteiger partial charge in [0.05, 0.1) is 6.04 Å². The minimum Gasteiger partial charge on any atom is -0.355 e. The molecule has 0 saturated heterocycles. The van der Waals surface area contributed by atoms with Gasteiger partial charge in [0.25, 0.3) is 0 Å². The zero-order valence-electron chi connectivity index (χ0n) is 10.6. The average Bonchev–Trinajstić information content (AvgIpc) is 3.07. The van der Waals surface area contributed by atoms with Crippen molar-refractivity contribution >= 4 is 17.7 Å². The van der Waals surface area contributed by atoms with Crippen LogP contribution in [0.2, 0.25) is 0 Å². The topological polar surface area (TPSA) is 41.1 Å². The number of unbranched alkanes of at least 4 members (excludes halogenated alkanes) is 1. The predicted octanol–water partition coefficient (Wildman–Crippen LogP) is 1.78. The van der Waals surface area contributed by atoms with Crippen molar-refractivity contribution in [3.63, 3.8) is 0 Å². The summed E-state index contributed by atoms with van der Waals surface area (Å²) in [6.45, 7) is 5.83. The predicted molar refractivity (Wildman–Crippen MR) is 70.9 cm³/mol. The zero-order chi connectivity index (χ0) is 12.0. The number of carbonyl (C=O) groups excluding carboxylic acids is 1. The van der Waals surface area contributed by atoms with Crippen LogP contribution in [0.25, 0.3) is 0 Å². The van der Waals surface area contributed by atoms with Crippen molar-refractivity contribution in [1.82, 2.24) is 10.6 Å². The van der Waals surface area contributed by atoms with Crippen molar-refractivity contribution in [3.05, 3.63) is 0 Å². The summed E-state index contributed by atoms with van der Waals surface area (Å²) in [5, 5.41) is 6.28. The lowest BCUT2D eigenvalue weighted by atomic mass is 10.2. The van der Waals surface area contributed by atoms with Gasteiger partial charge in [0.1, 0.15) is 0 Å². The molecule has 1 amide bonds. The Morgan fingerprint density at radius 1 is 1.50 bits per heavy atom. The summed E-state index contributed by atoms with van der Waals surface area (Å²) < 4.78 is 0.429. The fourth-order valence-corrected chi connectivity index (χ4v) is 2.30. The number of thioether (sulfide) groups is 1. The standard InChI is InChI=1S/C12H24N2OS/c1-4-5-8-13-11(15)10(2)14-9-12(16-3)6-7-12/h10,14H,4-9H2,1-3H3,(H,13,15). The molecule has 0 spiro atoms. The molecular weight excluding hydrogens is 220 g/mol. The molecule has 1 aliphatic rings. The van der Waals surface area contributed by atoms with E-state index in [1.807, 2.05) is 18.7 Å². The third-order valence-electron chi connectivity index (χ3n) is 3.19. The van der Waals surface area contributed by atoms with Crippen molar-refractivity contribution < 1.29 is 4.79 Å². The van der Waals surface area contributed by atoms with E-state index in [1.54, 1.807) is 0 Å². The second-order valence-corrected chi connectivity index (χ2v) is 5.91. The molecule has 0 aromatic heterocycles. The van der Waals surface area contributed by atoms with E-state index in [4.69, 9.17) is 0 Å². The van der Waals surface area contributed by atoms with Gasteiger partial charge in [-0.2, -0.15) is 11.8 Å². The summed E-state index contributed by atoms with van der Waals surface area (Å²) in [4.78, 5) is 11.7. The molecule has 0 aromatic carbocycles. The third-order valence-corrected chi connectivity index (χ3v) is 4.61. The van der Waals surface area contributed by atoms with Crippen LogP contribution in [0.4, 0.5) is 0 Å². The van der Waals surface area contributed by atoms with Crippen LogP contribution in [0.3, 0.4) is 0 Å². The number of rotatable bonds is 8. The molecule has 0 radical (unpaired) electrons. The smallest absolute Gasteiger partial charge is 0.236 e. The van der Waals surface area contributed by atoms with Crippen molar-refractivity contribution in [1.29, 1.82) is 0 Å². The number of hydrogen-bond donors (Lipinski definition) is 2. The summed E-state index contributed by atoms with van der Waals surface area (Å²) in [6.07, 6.45) is 6.90. The van der Waals surface area contributed by atoms with Crippen LogP contribution in [0.5, 0.6) is 0 Å². The quantitative estimate of drug-likeness (QED) is 0.640. The Bertz CT molecular complexity index is 229. The van der Waals surface area contributed by atoms with Crippen LogP contribution < -0.4 is 10.6 Å². The largest absolute Gasteiger partial charge is 0.355 e. The fourth-order valence-electron chi connectivity index (χ4n) is 1.57. The van der Waals surface area contributed by atoms with Gasteiger partial charge in [0, 0.05) is 17.8 Å². The summed E-state index contributed by atoms with van der Waals surface area (Å²) in [5.74, 6) is 0.130. The fraction of sp³-hybridized carbons (Fsp3) is 0.917. The van der Waals surface area contributed by atoms with Crippen molar-refractivity contribution in [2.45, 2.75) is 50.3 Å². The van der Waals surface area contributed by atoms with E-state index in [0.29, 0.717) is 4.75 Å². The van der Waals surface area contributed by atoms with Gasteiger partial charge in [0.15, 0.2) is 0 Å². The molecule has 0 aliphatic heterocycles. The monoisotopic (exact) mass is 244 g/mol. The SMILES string of the molecule is CCCCNC(=O)C(C)NCC1(SC)CC1. The lowest BCUT2D eigenvalue weighted by Crippen LogP contribution is -2.45. The van der Waals surface area contributed by atoms with Gasteiger partial charge in [-0.1, -0.05) is 13.3 Å². The Balaban J connectivity index is 2.13. The van der Waals surface area contributed by atoms with Crippen LogP contribution >= 0.6 is 11.8 Å². The van der Waals surface area contributed by atoms with Gasteiger partial charge < -0.3 is 10.6 Å². The number of carbonyl (C=O) groups is 1.